The molecule has 6 heteroatoms. The molecule has 17 heavy (non-hydrogen) atoms. The van der Waals surface area contributed by atoms with Gasteiger partial charge in [-0.3, -0.25) is 8.75 Å². The lowest BCUT2D eigenvalue weighted by atomic mass is 10.1. The highest BCUT2D eigenvalue weighted by atomic mass is 35.5. The van der Waals surface area contributed by atoms with Gasteiger partial charge >= 0.3 is 0 Å². The van der Waals surface area contributed by atoms with Gasteiger partial charge in [-0.2, -0.15) is 0 Å². The SMILES string of the molecule is CC(C)(C)n1sc2cc(O)c(O)c(Cl)c2c1=O. The van der Waals surface area contributed by atoms with E-state index in [1.807, 2.05) is 20.8 Å². The number of hydrogen-bond acceptors (Lipinski definition) is 4. The number of rotatable bonds is 0. The summed E-state index contributed by atoms with van der Waals surface area (Å²) in [6.45, 7) is 5.70. The molecule has 1 aromatic carbocycles. The van der Waals surface area contributed by atoms with Crippen molar-refractivity contribution in [3.05, 3.63) is 21.4 Å². The van der Waals surface area contributed by atoms with E-state index in [-0.39, 0.29) is 27.3 Å². The van der Waals surface area contributed by atoms with Crippen LogP contribution in [0.25, 0.3) is 10.1 Å². The Hall–Kier alpha value is -1.20. The summed E-state index contributed by atoms with van der Waals surface area (Å²) in [5, 5.41) is 19.1. The third-order valence-corrected chi connectivity index (χ3v) is 4.16. The molecule has 92 valence electrons. The second-order valence-corrected chi connectivity index (χ2v) is 6.16. The van der Waals surface area contributed by atoms with Gasteiger partial charge in [0.1, 0.15) is 5.02 Å². The molecule has 2 rings (SSSR count). The van der Waals surface area contributed by atoms with Crippen molar-refractivity contribution in [2.75, 3.05) is 0 Å². The molecule has 2 N–H and O–H groups in total. The highest BCUT2D eigenvalue weighted by Gasteiger charge is 2.23. The van der Waals surface area contributed by atoms with Gasteiger partial charge in [-0.25, -0.2) is 0 Å². The van der Waals surface area contributed by atoms with Crippen LogP contribution in [0.1, 0.15) is 20.8 Å². The lowest BCUT2D eigenvalue weighted by Gasteiger charge is -2.17. The summed E-state index contributed by atoms with van der Waals surface area (Å²) in [7, 11) is 0. The summed E-state index contributed by atoms with van der Waals surface area (Å²) in [5.74, 6) is -0.764. The molecule has 0 saturated carbocycles. The quantitative estimate of drug-likeness (QED) is 0.726. The van der Waals surface area contributed by atoms with Crippen molar-refractivity contribution in [1.29, 1.82) is 0 Å². The number of hydrogen-bond donors (Lipinski definition) is 2. The van der Waals surface area contributed by atoms with Gasteiger partial charge in [-0.1, -0.05) is 23.1 Å². The van der Waals surface area contributed by atoms with Gasteiger partial charge in [0.15, 0.2) is 11.5 Å². The minimum absolute atomic E-state index is 0.0933. The van der Waals surface area contributed by atoms with Crippen LogP contribution in [0.3, 0.4) is 0 Å². The van der Waals surface area contributed by atoms with E-state index >= 15 is 0 Å². The number of phenols is 2. The first kappa shape index (κ1) is 12.3. The summed E-state index contributed by atoms with van der Waals surface area (Å²) in [4.78, 5) is 12.2. The Morgan fingerprint density at radius 2 is 1.94 bits per heavy atom. The number of phenolic OH excluding ortho intramolecular Hbond substituents is 2. The molecule has 1 heterocycles. The highest BCUT2D eigenvalue weighted by Crippen LogP contribution is 2.40. The standard InChI is InChI=1S/C11H12ClNO3S/c1-11(2,3)13-10(16)7-6(17-13)4-5(14)9(15)8(7)12/h4,14-15H,1-3H3. The Morgan fingerprint density at radius 1 is 1.35 bits per heavy atom. The predicted octanol–water partition coefficient (Wildman–Crippen LogP) is 2.88. The molecule has 0 radical (unpaired) electrons. The van der Waals surface area contributed by atoms with E-state index in [0.717, 1.165) is 0 Å². The zero-order valence-corrected chi connectivity index (χ0v) is 11.2. The molecule has 0 saturated heterocycles. The molecule has 0 bridgehead atoms. The van der Waals surface area contributed by atoms with E-state index < -0.39 is 5.75 Å². The lowest BCUT2D eigenvalue weighted by Crippen LogP contribution is -2.29. The largest absolute Gasteiger partial charge is 0.504 e. The molecule has 0 unspecified atom stereocenters. The van der Waals surface area contributed by atoms with Crippen molar-refractivity contribution in [3.63, 3.8) is 0 Å². The van der Waals surface area contributed by atoms with Crippen LogP contribution in [0.15, 0.2) is 10.9 Å². The first-order chi connectivity index (χ1) is 7.73. The first-order valence-corrected chi connectivity index (χ1v) is 6.15. The van der Waals surface area contributed by atoms with Gasteiger partial charge < -0.3 is 10.2 Å². The maximum absolute atomic E-state index is 12.2. The molecule has 2 aromatic rings. The smallest absolute Gasteiger partial charge is 0.270 e. The van der Waals surface area contributed by atoms with Crippen LogP contribution >= 0.6 is 23.1 Å². The van der Waals surface area contributed by atoms with Gasteiger partial charge in [0.25, 0.3) is 5.56 Å². The number of aromatic nitrogens is 1. The van der Waals surface area contributed by atoms with Crippen molar-refractivity contribution in [3.8, 4) is 11.5 Å². The van der Waals surface area contributed by atoms with Crippen LogP contribution in [0, 0.1) is 0 Å². The fraction of sp³-hybridized carbons (Fsp3) is 0.364. The van der Waals surface area contributed by atoms with Crippen molar-refractivity contribution in [2.24, 2.45) is 0 Å². The fourth-order valence-electron chi connectivity index (χ4n) is 1.56. The topological polar surface area (TPSA) is 62.5 Å². The predicted molar refractivity (Wildman–Crippen MR) is 69.4 cm³/mol. The Bertz CT molecular complexity index is 651. The molecular formula is C11H12ClNO3S. The molecule has 0 amide bonds. The molecule has 0 aliphatic rings. The second kappa shape index (κ2) is 3.65. The molecule has 0 aliphatic heterocycles. The summed E-state index contributed by atoms with van der Waals surface area (Å²) in [6.07, 6.45) is 0. The number of nitrogens with zero attached hydrogens (tertiary/aromatic N) is 1. The van der Waals surface area contributed by atoms with Crippen LogP contribution in [0.4, 0.5) is 0 Å². The van der Waals surface area contributed by atoms with Crippen LogP contribution in [-0.2, 0) is 5.54 Å². The van der Waals surface area contributed by atoms with E-state index in [1.165, 1.54) is 17.6 Å². The molecule has 0 aliphatic carbocycles. The number of aromatic hydroxyl groups is 2. The summed E-state index contributed by atoms with van der Waals surface area (Å²) < 4.78 is 2.13. The summed E-state index contributed by atoms with van der Waals surface area (Å²) in [6, 6.07) is 1.35. The van der Waals surface area contributed by atoms with E-state index in [1.54, 1.807) is 3.96 Å². The first-order valence-electron chi connectivity index (χ1n) is 5.00. The van der Waals surface area contributed by atoms with Gasteiger partial charge in [-0.05, 0) is 20.8 Å². The molecular weight excluding hydrogens is 262 g/mol. The monoisotopic (exact) mass is 273 g/mol. The minimum atomic E-state index is -0.449. The van der Waals surface area contributed by atoms with Crippen LogP contribution < -0.4 is 5.56 Å². The normalized spacial score (nSPS) is 12.2. The molecule has 4 nitrogen and oxygen atoms in total. The minimum Gasteiger partial charge on any atom is -0.504 e. The van der Waals surface area contributed by atoms with Gasteiger partial charge in [0, 0.05) is 6.07 Å². The van der Waals surface area contributed by atoms with Crippen LogP contribution in [0.5, 0.6) is 11.5 Å². The molecule has 0 fully saturated rings. The summed E-state index contributed by atoms with van der Waals surface area (Å²) >= 11 is 7.10. The zero-order valence-electron chi connectivity index (χ0n) is 9.61. The number of fused-ring (bicyclic) bond motifs is 1. The Labute approximate surface area is 107 Å². The van der Waals surface area contributed by atoms with Gasteiger partial charge in [0.05, 0.1) is 15.6 Å². The van der Waals surface area contributed by atoms with E-state index in [2.05, 4.69) is 0 Å². The number of halogens is 1. The maximum atomic E-state index is 12.2. The van der Waals surface area contributed by atoms with Crippen LogP contribution in [-0.4, -0.2) is 14.2 Å². The second-order valence-electron chi connectivity index (χ2n) is 4.79. The van der Waals surface area contributed by atoms with E-state index in [0.29, 0.717) is 4.70 Å². The summed E-state index contributed by atoms with van der Waals surface area (Å²) in [5.41, 5.74) is -0.618. The van der Waals surface area contributed by atoms with Crippen LogP contribution in [0.2, 0.25) is 5.02 Å². The Kier molecular flexibility index (Phi) is 2.63. The molecule has 1 aromatic heterocycles. The zero-order chi connectivity index (χ0) is 13.0. The average molecular weight is 274 g/mol. The maximum Gasteiger partial charge on any atom is 0.270 e. The van der Waals surface area contributed by atoms with Crippen molar-refractivity contribution < 1.29 is 10.2 Å². The van der Waals surface area contributed by atoms with Crippen molar-refractivity contribution in [1.82, 2.24) is 3.96 Å². The molecule has 0 spiro atoms. The van der Waals surface area contributed by atoms with Crippen molar-refractivity contribution >= 4 is 33.2 Å². The van der Waals surface area contributed by atoms with E-state index in [9.17, 15) is 15.0 Å². The highest BCUT2D eigenvalue weighted by molar-refractivity contribution is 7.14. The Morgan fingerprint density at radius 3 is 2.47 bits per heavy atom. The van der Waals surface area contributed by atoms with E-state index in [4.69, 9.17) is 11.6 Å². The number of benzene rings is 1. The molecule has 0 atom stereocenters. The van der Waals surface area contributed by atoms with Crippen molar-refractivity contribution in [2.45, 2.75) is 26.3 Å². The lowest BCUT2D eigenvalue weighted by molar-refractivity contribution is 0.405. The fourth-order valence-corrected chi connectivity index (χ4v) is 2.98. The van der Waals surface area contributed by atoms with Gasteiger partial charge in [0.2, 0.25) is 0 Å². The third kappa shape index (κ3) is 1.79. The average Bonchev–Trinajstić information content (AvgIpc) is 2.52. The third-order valence-electron chi connectivity index (χ3n) is 2.38. The Balaban J connectivity index is 2.94. The van der Waals surface area contributed by atoms with Gasteiger partial charge in [-0.15, -0.1) is 0 Å².